The zero-order valence-electron chi connectivity index (χ0n) is 13.3. The molecule has 2 aromatic carbocycles. The highest BCUT2D eigenvalue weighted by Crippen LogP contribution is 2.25. The van der Waals surface area contributed by atoms with E-state index in [0.717, 1.165) is 16.9 Å². The van der Waals surface area contributed by atoms with Gasteiger partial charge in [-0.2, -0.15) is 0 Å². The van der Waals surface area contributed by atoms with Gasteiger partial charge in [-0.1, -0.05) is 72.4 Å². The van der Waals surface area contributed by atoms with E-state index in [9.17, 15) is 0 Å². The van der Waals surface area contributed by atoms with E-state index in [2.05, 4.69) is 15.2 Å². The van der Waals surface area contributed by atoms with Crippen LogP contribution in [0.4, 0.5) is 0 Å². The summed E-state index contributed by atoms with van der Waals surface area (Å²) in [5.74, 6) is 2.53. The lowest BCUT2D eigenvalue weighted by Gasteiger charge is -1.95. The molecule has 2 aromatic heterocycles. The molecule has 0 saturated carbocycles. The van der Waals surface area contributed by atoms with Gasteiger partial charge in [-0.3, -0.25) is 0 Å². The monoisotopic (exact) mass is 349 g/mol. The third-order valence-electron chi connectivity index (χ3n) is 3.58. The first-order valence-corrected chi connectivity index (χ1v) is 8.84. The number of hydrogen-bond donors (Lipinski definition) is 0. The van der Waals surface area contributed by atoms with E-state index in [4.69, 9.17) is 8.83 Å². The summed E-state index contributed by atoms with van der Waals surface area (Å²) in [6, 6.07) is 19.9. The molecule has 0 atom stereocenters. The van der Waals surface area contributed by atoms with Gasteiger partial charge in [0.1, 0.15) is 0 Å². The Morgan fingerprint density at radius 1 is 0.800 bits per heavy atom. The van der Waals surface area contributed by atoms with Crippen LogP contribution in [0.25, 0.3) is 11.3 Å². The molecule has 0 bridgehead atoms. The molecule has 0 aliphatic heterocycles. The number of nitrogens with zero attached hydrogens (tertiary/aromatic N) is 3. The number of thioether (sulfide) groups is 1. The summed E-state index contributed by atoms with van der Waals surface area (Å²) in [4.78, 5) is 4.30. The van der Waals surface area contributed by atoms with Gasteiger partial charge in [0.05, 0.1) is 18.4 Å². The minimum absolute atomic E-state index is 0.519. The fourth-order valence-electron chi connectivity index (χ4n) is 2.37. The summed E-state index contributed by atoms with van der Waals surface area (Å²) in [6.07, 6.45) is 2.37. The fraction of sp³-hybridized carbons (Fsp3) is 0.105. The quantitative estimate of drug-likeness (QED) is 0.474. The molecule has 0 saturated heterocycles. The summed E-state index contributed by atoms with van der Waals surface area (Å²) in [5.41, 5.74) is 2.15. The Labute approximate surface area is 149 Å². The summed E-state index contributed by atoms with van der Waals surface area (Å²) in [6.45, 7) is 0. The number of oxazole rings is 1. The number of hydrogen-bond acceptors (Lipinski definition) is 6. The van der Waals surface area contributed by atoms with E-state index in [0.29, 0.717) is 29.2 Å². The van der Waals surface area contributed by atoms with Gasteiger partial charge < -0.3 is 8.83 Å². The second-order valence-electron chi connectivity index (χ2n) is 5.40. The third-order valence-corrected chi connectivity index (χ3v) is 4.38. The molecular formula is C19H15N3O2S. The second kappa shape index (κ2) is 7.36. The largest absolute Gasteiger partial charge is 0.440 e. The van der Waals surface area contributed by atoms with Gasteiger partial charge in [0.2, 0.25) is 11.8 Å². The Morgan fingerprint density at radius 3 is 2.36 bits per heavy atom. The van der Waals surface area contributed by atoms with E-state index >= 15 is 0 Å². The Morgan fingerprint density at radius 2 is 1.56 bits per heavy atom. The molecule has 0 unspecified atom stereocenters. The molecule has 4 rings (SSSR count). The zero-order valence-corrected chi connectivity index (χ0v) is 14.1. The summed E-state index contributed by atoms with van der Waals surface area (Å²) in [7, 11) is 0. The molecule has 0 N–H and O–H groups in total. The van der Waals surface area contributed by atoms with Crippen LogP contribution in [0.3, 0.4) is 0 Å². The molecule has 6 heteroatoms. The molecule has 0 amide bonds. The summed E-state index contributed by atoms with van der Waals surface area (Å²) < 4.78 is 11.4. The van der Waals surface area contributed by atoms with Crippen LogP contribution >= 0.6 is 11.8 Å². The van der Waals surface area contributed by atoms with E-state index in [-0.39, 0.29) is 0 Å². The fourth-order valence-corrected chi connectivity index (χ4v) is 3.01. The van der Waals surface area contributed by atoms with Gasteiger partial charge in [-0.15, -0.1) is 10.2 Å². The van der Waals surface area contributed by atoms with Crippen molar-refractivity contribution in [3.8, 4) is 11.3 Å². The van der Waals surface area contributed by atoms with Crippen LogP contribution in [0.2, 0.25) is 0 Å². The first kappa shape index (κ1) is 15.7. The summed E-state index contributed by atoms with van der Waals surface area (Å²) >= 11 is 1.42. The summed E-state index contributed by atoms with van der Waals surface area (Å²) in [5, 5.41) is 8.68. The molecule has 0 aliphatic rings. The van der Waals surface area contributed by atoms with Crippen LogP contribution in [0.1, 0.15) is 17.3 Å². The van der Waals surface area contributed by atoms with Crippen LogP contribution in [0, 0.1) is 0 Å². The number of rotatable bonds is 6. The minimum Gasteiger partial charge on any atom is -0.440 e. The van der Waals surface area contributed by atoms with Crippen molar-refractivity contribution in [1.29, 1.82) is 0 Å². The highest BCUT2D eigenvalue weighted by molar-refractivity contribution is 7.98. The SMILES string of the molecule is c1ccc(Cc2nnc(SCc3ncc(-c4ccccc4)o3)o2)cc1. The van der Waals surface area contributed by atoms with Crippen LogP contribution in [0.15, 0.2) is 80.9 Å². The lowest BCUT2D eigenvalue weighted by molar-refractivity contribution is 0.419. The lowest BCUT2D eigenvalue weighted by Crippen LogP contribution is -1.87. The van der Waals surface area contributed by atoms with Gasteiger partial charge in [-0.05, 0) is 5.56 Å². The maximum atomic E-state index is 5.77. The molecule has 2 heterocycles. The Bertz CT molecular complexity index is 935. The van der Waals surface area contributed by atoms with Gasteiger partial charge in [-0.25, -0.2) is 4.98 Å². The predicted octanol–water partition coefficient (Wildman–Crippen LogP) is 4.61. The highest BCUT2D eigenvalue weighted by atomic mass is 32.2. The van der Waals surface area contributed by atoms with Crippen molar-refractivity contribution in [3.63, 3.8) is 0 Å². The van der Waals surface area contributed by atoms with E-state index in [1.54, 1.807) is 6.20 Å². The zero-order chi connectivity index (χ0) is 16.9. The van der Waals surface area contributed by atoms with Gasteiger partial charge in [0, 0.05) is 5.56 Å². The Balaban J connectivity index is 1.37. The topological polar surface area (TPSA) is 65.0 Å². The average molecular weight is 349 g/mol. The molecule has 0 spiro atoms. The molecule has 0 aliphatic carbocycles. The Hall–Kier alpha value is -2.86. The van der Waals surface area contributed by atoms with Crippen molar-refractivity contribution in [2.24, 2.45) is 0 Å². The van der Waals surface area contributed by atoms with Crippen molar-refractivity contribution in [3.05, 3.63) is 84.2 Å². The number of benzene rings is 2. The molecular weight excluding hydrogens is 334 g/mol. The minimum atomic E-state index is 0.519. The first-order chi connectivity index (χ1) is 12.4. The van der Waals surface area contributed by atoms with Gasteiger partial charge in [0.25, 0.3) is 5.22 Å². The Kier molecular flexibility index (Phi) is 4.61. The molecule has 5 nitrogen and oxygen atoms in total. The second-order valence-corrected chi connectivity index (χ2v) is 6.32. The van der Waals surface area contributed by atoms with E-state index in [1.165, 1.54) is 11.8 Å². The molecule has 0 fully saturated rings. The average Bonchev–Trinajstić information content (AvgIpc) is 3.31. The van der Waals surface area contributed by atoms with Crippen LogP contribution in [-0.2, 0) is 12.2 Å². The van der Waals surface area contributed by atoms with Gasteiger partial charge >= 0.3 is 0 Å². The maximum Gasteiger partial charge on any atom is 0.277 e. The lowest BCUT2D eigenvalue weighted by atomic mass is 10.2. The van der Waals surface area contributed by atoms with Crippen molar-refractivity contribution in [2.75, 3.05) is 0 Å². The standard InChI is InChI=1S/C19H15N3O2S/c1-3-7-14(8-4-1)11-17-21-22-19(24-17)25-13-18-20-12-16(23-18)15-9-5-2-6-10-15/h1-10,12H,11,13H2. The van der Waals surface area contributed by atoms with Crippen LogP contribution < -0.4 is 0 Å². The molecule has 4 aromatic rings. The smallest absolute Gasteiger partial charge is 0.277 e. The van der Waals surface area contributed by atoms with Crippen molar-refractivity contribution in [2.45, 2.75) is 17.4 Å². The van der Waals surface area contributed by atoms with E-state index in [1.807, 2.05) is 60.7 Å². The van der Waals surface area contributed by atoms with Crippen molar-refractivity contribution >= 4 is 11.8 Å². The van der Waals surface area contributed by atoms with Gasteiger partial charge in [0.15, 0.2) is 5.76 Å². The van der Waals surface area contributed by atoms with Crippen molar-refractivity contribution in [1.82, 2.24) is 15.2 Å². The normalized spacial score (nSPS) is 10.9. The molecule has 25 heavy (non-hydrogen) atoms. The van der Waals surface area contributed by atoms with E-state index < -0.39 is 0 Å². The highest BCUT2D eigenvalue weighted by Gasteiger charge is 2.11. The first-order valence-electron chi connectivity index (χ1n) is 7.86. The number of aromatic nitrogens is 3. The third kappa shape index (κ3) is 3.97. The van der Waals surface area contributed by atoms with Crippen LogP contribution in [0.5, 0.6) is 0 Å². The van der Waals surface area contributed by atoms with Crippen LogP contribution in [-0.4, -0.2) is 15.2 Å². The molecule has 124 valence electrons. The molecule has 0 radical (unpaired) electrons. The van der Waals surface area contributed by atoms with Crippen molar-refractivity contribution < 1.29 is 8.83 Å². The maximum absolute atomic E-state index is 5.77. The predicted molar refractivity (Wildman–Crippen MR) is 95.0 cm³/mol.